The Kier molecular flexibility index (Phi) is 7.00. The number of rotatable bonds is 6. The van der Waals surface area contributed by atoms with E-state index in [1.807, 2.05) is 54.3 Å². The molecule has 0 radical (unpaired) electrons. The third-order valence-corrected chi connectivity index (χ3v) is 5.20. The number of amides is 3. The topological polar surface area (TPSA) is 78.5 Å². The fourth-order valence-electron chi connectivity index (χ4n) is 3.42. The summed E-state index contributed by atoms with van der Waals surface area (Å²) in [5, 5.41) is 5.68. The maximum Gasteiger partial charge on any atom is 0.253 e. The zero-order valence-corrected chi connectivity index (χ0v) is 16.7. The Labute approximate surface area is 171 Å². The van der Waals surface area contributed by atoms with E-state index in [0.29, 0.717) is 50.1 Å². The molecule has 0 spiro atoms. The zero-order chi connectivity index (χ0) is 20.6. The van der Waals surface area contributed by atoms with Gasteiger partial charge < -0.3 is 15.5 Å². The maximum absolute atomic E-state index is 12.6. The molecule has 152 valence electrons. The van der Waals surface area contributed by atoms with Crippen LogP contribution < -0.4 is 10.6 Å². The Hall–Kier alpha value is -3.15. The number of nitrogens with zero attached hydrogens (tertiary/aromatic N) is 1. The Bertz CT molecular complexity index is 841. The van der Waals surface area contributed by atoms with Crippen LogP contribution >= 0.6 is 0 Å². The van der Waals surface area contributed by atoms with Crippen molar-refractivity contribution in [3.8, 4) is 0 Å². The summed E-state index contributed by atoms with van der Waals surface area (Å²) >= 11 is 0. The number of carbonyl (C=O) groups excluding carboxylic acids is 3. The van der Waals surface area contributed by atoms with Crippen molar-refractivity contribution in [2.24, 2.45) is 5.92 Å². The van der Waals surface area contributed by atoms with Crippen LogP contribution in [0.3, 0.4) is 0 Å². The number of hydrogen-bond donors (Lipinski definition) is 2. The molecule has 29 heavy (non-hydrogen) atoms. The molecule has 0 aliphatic carbocycles. The molecule has 0 bridgehead atoms. The first-order valence-corrected chi connectivity index (χ1v) is 10.0. The minimum atomic E-state index is -0.150. The fourth-order valence-corrected chi connectivity index (χ4v) is 3.42. The van der Waals surface area contributed by atoms with E-state index in [2.05, 4.69) is 10.6 Å². The van der Waals surface area contributed by atoms with Gasteiger partial charge in [0.1, 0.15) is 0 Å². The second-order valence-corrected chi connectivity index (χ2v) is 7.35. The third kappa shape index (κ3) is 5.67. The lowest BCUT2D eigenvalue weighted by Gasteiger charge is -2.31. The van der Waals surface area contributed by atoms with E-state index in [4.69, 9.17) is 0 Å². The summed E-state index contributed by atoms with van der Waals surface area (Å²) in [6.07, 6.45) is 1.31. The van der Waals surface area contributed by atoms with E-state index in [1.165, 1.54) is 0 Å². The van der Waals surface area contributed by atoms with Gasteiger partial charge in [0, 0.05) is 43.2 Å². The van der Waals surface area contributed by atoms with Crippen molar-refractivity contribution in [1.29, 1.82) is 0 Å². The van der Waals surface area contributed by atoms with Gasteiger partial charge >= 0.3 is 0 Å². The molecule has 0 unspecified atom stereocenters. The summed E-state index contributed by atoms with van der Waals surface area (Å²) in [7, 11) is 0. The zero-order valence-electron chi connectivity index (χ0n) is 16.7. The molecule has 1 saturated heterocycles. The number of aryl methyl sites for hydroxylation is 1. The molecule has 6 nitrogen and oxygen atoms in total. The van der Waals surface area contributed by atoms with E-state index in [-0.39, 0.29) is 23.6 Å². The molecule has 3 amide bonds. The van der Waals surface area contributed by atoms with Crippen LogP contribution in [-0.4, -0.2) is 48.8 Å². The molecular weight excluding hydrogens is 366 g/mol. The molecule has 2 aromatic rings. The Morgan fingerprint density at radius 3 is 2.14 bits per heavy atom. The standard InChI is InChI=1S/C23H27N3O3/c1-17-7-9-20(10-8-17)23(29)26-15-11-19(12-16-26)22(28)25-14-13-24-21(27)18-5-3-2-4-6-18/h2-10,19H,11-16H2,1H3,(H,24,27)(H,25,28). The highest BCUT2D eigenvalue weighted by molar-refractivity contribution is 5.95. The summed E-state index contributed by atoms with van der Waals surface area (Å²) in [4.78, 5) is 38.7. The van der Waals surface area contributed by atoms with Crippen LogP contribution in [0.25, 0.3) is 0 Å². The molecule has 2 aromatic carbocycles. The van der Waals surface area contributed by atoms with Crippen molar-refractivity contribution in [2.45, 2.75) is 19.8 Å². The van der Waals surface area contributed by atoms with Crippen LogP contribution in [-0.2, 0) is 4.79 Å². The molecule has 1 aliphatic heterocycles. The van der Waals surface area contributed by atoms with Crippen LogP contribution in [0.4, 0.5) is 0 Å². The lowest BCUT2D eigenvalue weighted by Crippen LogP contribution is -2.44. The average molecular weight is 393 g/mol. The van der Waals surface area contributed by atoms with Gasteiger partial charge in [0.25, 0.3) is 11.8 Å². The molecule has 0 aromatic heterocycles. The first-order chi connectivity index (χ1) is 14.0. The Morgan fingerprint density at radius 2 is 1.48 bits per heavy atom. The van der Waals surface area contributed by atoms with Crippen LogP contribution in [0.5, 0.6) is 0 Å². The lowest BCUT2D eigenvalue weighted by atomic mass is 9.95. The summed E-state index contributed by atoms with van der Waals surface area (Å²) < 4.78 is 0. The van der Waals surface area contributed by atoms with Gasteiger partial charge in [-0.2, -0.15) is 0 Å². The molecular formula is C23H27N3O3. The Morgan fingerprint density at radius 1 is 0.862 bits per heavy atom. The van der Waals surface area contributed by atoms with Crippen molar-refractivity contribution < 1.29 is 14.4 Å². The van der Waals surface area contributed by atoms with E-state index >= 15 is 0 Å². The van der Waals surface area contributed by atoms with Crippen LogP contribution in [0, 0.1) is 12.8 Å². The number of piperidine rings is 1. The summed E-state index contributed by atoms with van der Waals surface area (Å²) in [5.41, 5.74) is 2.41. The van der Waals surface area contributed by atoms with E-state index in [1.54, 1.807) is 12.1 Å². The third-order valence-electron chi connectivity index (χ3n) is 5.20. The number of likely N-dealkylation sites (tertiary alicyclic amines) is 1. The van der Waals surface area contributed by atoms with Crippen molar-refractivity contribution in [3.63, 3.8) is 0 Å². The molecule has 1 heterocycles. The highest BCUT2D eigenvalue weighted by Gasteiger charge is 2.27. The number of nitrogens with one attached hydrogen (secondary N) is 2. The molecule has 6 heteroatoms. The predicted octanol–water partition coefficient (Wildman–Crippen LogP) is 2.39. The van der Waals surface area contributed by atoms with Gasteiger partial charge in [0.05, 0.1) is 0 Å². The van der Waals surface area contributed by atoms with Gasteiger partial charge in [-0.25, -0.2) is 0 Å². The van der Waals surface area contributed by atoms with E-state index in [9.17, 15) is 14.4 Å². The smallest absolute Gasteiger partial charge is 0.253 e. The second-order valence-electron chi connectivity index (χ2n) is 7.35. The largest absolute Gasteiger partial charge is 0.354 e. The fraction of sp³-hybridized carbons (Fsp3) is 0.348. The molecule has 2 N–H and O–H groups in total. The normalized spacial score (nSPS) is 14.3. The Balaban J connectivity index is 1.37. The molecule has 1 fully saturated rings. The van der Waals surface area contributed by atoms with Crippen molar-refractivity contribution in [3.05, 3.63) is 71.3 Å². The van der Waals surface area contributed by atoms with Gasteiger partial charge in [-0.3, -0.25) is 14.4 Å². The molecule has 1 aliphatic rings. The molecule has 0 saturated carbocycles. The lowest BCUT2D eigenvalue weighted by molar-refractivity contribution is -0.126. The number of hydrogen-bond acceptors (Lipinski definition) is 3. The van der Waals surface area contributed by atoms with Crippen molar-refractivity contribution >= 4 is 17.7 Å². The van der Waals surface area contributed by atoms with Crippen molar-refractivity contribution in [1.82, 2.24) is 15.5 Å². The first kappa shape index (κ1) is 20.6. The highest BCUT2D eigenvalue weighted by atomic mass is 16.2. The summed E-state index contributed by atoms with van der Waals surface area (Å²) in [6, 6.07) is 16.5. The highest BCUT2D eigenvalue weighted by Crippen LogP contribution is 2.19. The minimum absolute atomic E-state index is 0.0126. The van der Waals surface area contributed by atoms with Gasteiger partial charge in [-0.1, -0.05) is 35.9 Å². The van der Waals surface area contributed by atoms with Crippen LogP contribution in [0.15, 0.2) is 54.6 Å². The summed E-state index contributed by atoms with van der Waals surface area (Å²) in [5.74, 6) is -0.237. The maximum atomic E-state index is 12.6. The number of carbonyl (C=O) groups is 3. The van der Waals surface area contributed by atoms with Gasteiger partial charge in [-0.05, 0) is 44.0 Å². The van der Waals surface area contributed by atoms with Gasteiger partial charge in [0.2, 0.25) is 5.91 Å². The van der Waals surface area contributed by atoms with Crippen molar-refractivity contribution in [2.75, 3.05) is 26.2 Å². The van der Waals surface area contributed by atoms with E-state index in [0.717, 1.165) is 5.56 Å². The number of benzene rings is 2. The van der Waals surface area contributed by atoms with Crippen LogP contribution in [0.2, 0.25) is 0 Å². The average Bonchev–Trinajstić information content (AvgIpc) is 2.77. The monoisotopic (exact) mass is 393 g/mol. The molecule has 0 atom stereocenters. The van der Waals surface area contributed by atoms with Gasteiger partial charge in [0.15, 0.2) is 0 Å². The molecule has 3 rings (SSSR count). The predicted molar refractivity (Wildman–Crippen MR) is 112 cm³/mol. The first-order valence-electron chi connectivity index (χ1n) is 10.0. The van der Waals surface area contributed by atoms with Crippen LogP contribution in [0.1, 0.15) is 39.1 Å². The quantitative estimate of drug-likeness (QED) is 0.740. The second kappa shape index (κ2) is 9.87. The van der Waals surface area contributed by atoms with E-state index < -0.39 is 0 Å². The SMILES string of the molecule is Cc1ccc(C(=O)N2CCC(C(=O)NCCNC(=O)c3ccccc3)CC2)cc1. The summed E-state index contributed by atoms with van der Waals surface area (Å²) in [6.45, 7) is 3.92. The minimum Gasteiger partial charge on any atom is -0.354 e. The van der Waals surface area contributed by atoms with Gasteiger partial charge in [-0.15, -0.1) is 0 Å².